The van der Waals surface area contributed by atoms with Gasteiger partial charge in [-0.3, -0.25) is 0 Å². The molecule has 3 nitrogen and oxygen atoms in total. The number of aliphatic hydroxyl groups is 1. The fourth-order valence-electron chi connectivity index (χ4n) is 2.99. The Labute approximate surface area is 103 Å². The molecular weight excluding hydrogens is 216 g/mol. The Balaban J connectivity index is 2.06. The van der Waals surface area contributed by atoms with Crippen molar-refractivity contribution in [2.24, 2.45) is 5.92 Å². The van der Waals surface area contributed by atoms with Gasteiger partial charge in [0.2, 0.25) is 0 Å². The molecule has 1 aromatic rings. The largest absolute Gasteiger partial charge is 0.472 e. The molecule has 0 radical (unpaired) electrons. The summed E-state index contributed by atoms with van der Waals surface area (Å²) in [6.45, 7) is 2.23. The zero-order valence-corrected chi connectivity index (χ0v) is 10.7. The molecule has 3 atom stereocenters. The van der Waals surface area contributed by atoms with Crippen molar-refractivity contribution in [3.8, 4) is 0 Å². The molecule has 96 valence electrons. The second kappa shape index (κ2) is 5.23. The summed E-state index contributed by atoms with van der Waals surface area (Å²) < 4.78 is 10.7. The molecule has 0 aromatic carbocycles. The molecule has 2 rings (SSSR count). The van der Waals surface area contributed by atoms with Crippen LogP contribution >= 0.6 is 0 Å². The first-order valence-electron chi connectivity index (χ1n) is 6.40. The minimum atomic E-state index is -0.451. The van der Waals surface area contributed by atoms with Crippen molar-refractivity contribution < 1.29 is 14.3 Å². The first-order chi connectivity index (χ1) is 8.16. The van der Waals surface area contributed by atoms with Crippen molar-refractivity contribution >= 4 is 0 Å². The number of ether oxygens (including phenoxy) is 1. The van der Waals surface area contributed by atoms with Gasteiger partial charge in [0.15, 0.2) is 0 Å². The summed E-state index contributed by atoms with van der Waals surface area (Å²) in [6, 6.07) is 1.90. The van der Waals surface area contributed by atoms with Gasteiger partial charge in [0, 0.05) is 13.5 Å². The predicted octanol–water partition coefficient (Wildman–Crippen LogP) is 2.78. The van der Waals surface area contributed by atoms with Gasteiger partial charge in [0.25, 0.3) is 0 Å². The van der Waals surface area contributed by atoms with Crippen LogP contribution in [-0.2, 0) is 11.2 Å². The van der Waals surface area contributed by atoms with E-state index in [-0.39, 0.29) is 5.60 Å². The molecule has 1 aliphatic rings. The highest BCUT2D eigenvalue weighted by Crippen LogP contribution is 2.38. The van der Waals surface area contributed by atoms with Crippen molar-refractivity contribution in [3.05, 3.63) is 24.2 Å². The van der Waals surface area contributed by atoms with Crippen LogP contribution in [0, 0.1) is 5.92 Å². The monoisotopic (exact) mass is 238 g/mol. The first-order valence-corrected chi connectivity index (χ1v) is 6.40. The fourth-order valence-corrected chi connectivity index (χ4v) is 2.99. The van der Waals surface area contributed by atoms with Crippen molar-refractivity contribution in [1.82, 2.24) is 0 Å². The van der Waals surface area contributed by atoms with E-state index in [1.165, 1.54) is 6.42 Å². The maximum Gasteiger partial charge on any atom is 0.0942 e. The lowest BCUT2D eigenvalue weighted by Gasteiger charge is -2.42. The molecule has 3 heteroatoms. The minimum absolute atomic E-state index is 0.366. The lowest BCUT2D eigenvalue weighted by molar-refractivity contribution is -0.131. The molecule has 17 heavy (non-hydrogen) atoms. The van der Waals surface area contributed by atoms with Gasteiger partial charge in [-0.25, -0.2) is 0 Å². The number of rotatable bonds is 4. The second-order valence-electron chi connectivity index (χ2n) is 5.32. The van der Waals surface area contributed by atoms with Crippen LogP contribution in [0.5, 0.6) is 0 Å². The van der Waals surface area contributed by atoms with Crippen molar-refractivity contribution in [3.63, 3.8) is 0 Å². The summed E-state index contributed by atoms with van der Waals surface area (Å²) in [4.78, 5) is 0. The average molecular weight is 238 g/mol. The molecule has 0 bridgehead atoms. The Kier molecular flexibility index (Phi) is 3.89. The van der Waals surface area contributed by atoms with Gasteiger partial charge in [-0.1, -0.05) is 19.8 Å². The molecule has 0 saturated heterocycles. The summed E-state index contributed by atoms with van der Waals surface area (Å²) in [5, 5.41) is 10.4. The smallest absolute Gasteiger partial charge is 0.0942 e. The zero-order valence-electron chi connectivity index (χ0n) is 10.7. The van der Waals surface area contributed by atoms with Crippen molar-refractivity contribution in [1.29, 1.82) is 0 Å². The molecule has 0 amide bonds. The van der Waals surface area contributed by atoms with E-state index in [4.69, 9.17) is 9.15 Å². The third kappa shape index (κ3) is 2.72. The highest BCUT2D eigenvalue weighted by Gasteiger charge is 2.41. The van der Waals surface area contributed by atoms with Gasteiger partial charge in [-0.2, -0.15) is 0 Å². The van der Waals surface area contributed by atoms with Crippen LogP contribution in [0.25, 0.3) is 0 Å². The normalized spacial score (nSPS) is 31.4. The minimum Gasteiger partial charge on any atom is -0.472 e. The Morgan fingerprint density at radius 2 is 2.47 bits per heavy atom. The van der Waals surface area contributed by atoms with Crippen LogP contribution in [0.4, 0.5) is 0 Å². The highest BCUT2D eigenvalue weighted by molar-refractivity contribution is 5.09. The van der Waals surface area contributed by atoms with E-state index in [1.54, 1.807) is 19.6 Å². The number of hydrogen-bond acceptors (Lipinski definition) is 3. The summed E-state index contributed by atoms with van der Waals surface area (Å²) in [7, 11) is 1.72. The van der Waals surface area contributed by atoms with E-state index < -0.39 is 6.10 Å². The molecule has 0 spiro atoms. The molecular formula is C14H22O3. The summed E-state index contributed by atoms with van der Waals surface area (Å²) in [6.07, 6.45) is 7.77. The number of methoxy groups -OCH3 is 1. The maximum absolute atomic E-state index is 10.4. The van der Waals surface area contributed by atoms with Gasteiger partial charge in [-0.05, 0) is 30.4 Å². The Bertz CT molecular complexity index is 333. The second-order valence-corrected chi connectivity index (χ2v) is 5.32. The molecule has 3 unspecified atom stereocenters. The van der Waals surface area contributed by atoms with E-state index in [0.717, 1.165) is 24.8 Å². The van der Waals surface area contributed by atoms with Gasteiger partial charge in [0.05, 0.1) is 24.2 Å². The maximum atomic E-state index is 10.4. The number of hydrogen-bond donors (Lipinski definition) is 1. The molecule has 1 saturated carbocycles. The first kappa shape index (κ1) is 12.7. The van der Waals surface area contributed by atoms with E-state index in [2.05, 4.69) is 6.92 Å². The van der Waals surface area contributed by atoms with E-state index in [1.807, 2.05) is 6.07 Å². The Hall–Kier alpha value is -0.800. The van der Waals surface area contributed by atoms with Gasteiger partial charge in [-0.15, -0.1) is 0 Å². The molecule has 1 heterocycles. The topological polar surface area (TPSA) is 42.6 Å². The summed E-state index contributed by atoms with van der Waals surface area (Å²) >= 11 is 0. The molecule has 1 fully saturated rings. The van der Waals surface area contributed by atoms with Crippen molar-refractivity contribution in [2.45, 2.75) is 50.7 Å². The predicted molar refractivity (Wildman–Crippen MR) is 65.8 cm³/mol. The molecule has 1 aromatic heterocycles. The third-order valence-electron chi connectivity index (χ3n) is 4.01. The van der Waals surface area contributed by atoms with Crippen LogP contribution in [0.1, 0.15) is 38.2 Å². The number of aliphatic hydroxyl groups excluding tert-OH is 1. The fraction of sp³-hybridized carbons (Fsp3) is 0.714. The zero-order chi connectivity index (χ0) is 12.3. The van der Waals surface area contributed by atoms with E-state index in [9.17, 15) is 5.11 Å². The van der Waals surface area contributed by atoms with Crippen molar-refractivity contribution in [2.75, 3.05) is 7.11 Å². The van der Waals surface area contributed by atoms with Gasteiger partial charge >= 0.3 is 0 Å². The van der Waals surface area contributed by atoms with Crippen LogP contribution in [0.3, 0.4) is 0 Å². The third-order valence-corrected chi connectivity index (χ3v) is 4.01. The molecule has 1 aliphatic carbocycles. The highest BCUT2D eigenvalue weighted by atomic mass is 16.5. The van der Waals surface area contributed by atoms with Crippen LogP contribution in [-0.4, -0.2) is 23.9 Å². The molecule has 1 N–H and O–H groups in total. The standard InChI is InChI=1S/C14H22O3/c1-11-4-3-6-14(9-11,16-2)13(15)8-12-5-7-17-10-12/h5,7,10-11,13,15H,3-4,6,8-9H2,1-2H3. The number of furan rings is 1. The Morgan fingerprint density at radius 3 is 3.06 bits per heavy atom. The lowest BCUT2D eigenvalue weighted by atomic mass is 9.74. The lowest BCUT2D eigenvalue weighted by Crippen LogP contribution is -2.48. The van der Waals surface area contributed by atoms with E-state index >= 15 is 0 Å². The SMILES string of the molecule is COC1(C(O)Cc2ccoc2)CCCC(C)C1. The van der Waals surface area contributed by atoms with Gasteiger partial charge < -0.3 is 14.3 Å². The Morgan fingerprint density at radius 1 is 1.65 bits per heavy atom. The summed E-state index contributed by atoms with van der Waals surface area (Å²) in [5.41, 5.74) is 0.668. The quantitative estimate of drug-likeness (QED) is 0.877. The van der Waals surface area contributed by atoms with Crippen LogP contribution in [0.2, 0.25) is 0 Å². The van der Waals surface area contributed by atoms with E-state index in [0.29, 0.717) is 12.3 Å². The summed E-state index contributed by atoms with van der Waals surface area (Å²) in [5.74, 6) is 0.627. The molecule has 0 aliphatic heterocycles. The van der Waals surface area contributed by atoms with Gasteiger partial charge in [0.1, 0.15) is 0 Å². The van der Waals surface area contributed by atoms with Crippen LogP contribution < -0.4 is 0 Å². The van der Waals surface area contributed by atoms with Crippen LogP contribution in [0.15, 0.2) is 23.0 Å². The average Bonchev–Trinajstić information content (AvgIpc) is 2.81.